The molecule has 0 aliphatic carbocycles. The number of rotatable bonds is 1. The van der Waals surface area contributed by atoms with Gasteiger partial charge in [-0.2, -0.15) is 0 Å². The van der Waals surface area contributed by atoms with Gasteiger partial charge in [-0.25, -0.2) is 0 Å². The van der Waals surface area contributed by atoms with Crippen LogP contribution in [-0.2, 0) is 4.84 Å². The molecule has 1 heterocycles. The van der Waals surface area contributed by atoms with Crippen LogP contribution in [0.15, 0.2) is 21.6 Å². The Morgan fingerprint density at radius 2 is 2.75 bits per heavy atom. The summed E-state index contributed by atoms with van der Waals surface area (Å²) in [5.74, 6) is 0. The minimum atomic E-state index is 0.668. The Labute approximate surface area is 51.8 Å². The van der Waals surface area contributed by atoms with Crippen LogP contribution in [0.5, 0.6) is 0 Å². The fraction of sp³-hybridized carbons (Fsp3) is 0.500. The summed E-state index contributed by atoms with van der Waals surface area (Å²) >= 11 is 1.63. The molecular formula is C4H6N2OS. The lowest BCUT2D eigenvalue weighted by molar-refractivity contribution is 0.227. The second-order valence-corrected chi connectivity index (χ2v) is 2.21. The van der Waals surface area contributed by atoms with Crippen molar-refractivity contribution in [2.24, 2.45) is 10.4 Å². The van der Waals surface area contributed by atoms with Crippen molar-refractivity contribution < 1.29 is 4.84 Å². The first-order chi connectivity index (χ1) is 3.93. The van der Waals surface area contributed by atoms with E-state index < -0.39 is 0 Å². The summed E-state index contributed by atoms with van der Waals surface area (Å²) in [6.45, 7) is 0.668. The van der Waals surface area contributed by atoms with Gasteiger partial charge < -0.3 is 4.84 Å². The van der Waals surface area contributed by atoms with Crippen LogP contribution in [-0.4, -0.2) is 12.8 Å². The third-order valence-electron chi connectivity index (χ3n) is 0.778. The molecule has 0 radical (unpaired) electrons. The van der Waals surface area contributed by atoms with E-state index in [0.717, 1.165) is 4.91 Å². The summed E-state index contributed by atoms with van der Waals surface area (Å²) in [7, 11) is 0. The highest BCUT2D eigenvalue weighted by atomic mass is 32.2. The lowest BCUT2D eigenvalue weighted by atomic mass is 10.6. The Balaban J connectivity index is 2.43. The standard InChI is InChI=1S/C4H6N2OS/c1-8-4-2-5-6-7-3-4/h3H,2H2,1H3. The van der Waals surface area contributed by atoms with Gasteiger partial charge in [0.2, 0.25) is 0 Å². The molecule has 44 valence electrons. The maximum Gasteiger partial charge on any atom is 0.135 e. The van der Waals surface area contributed by atoms with Crippen molar-refractivity contribution in [1.82, 2.24) is 0 Å². The quantitative estimate of drug-likeness (QED) is 0.540. The molecule has 0 aromatic heterocycles. The lowest BCUT2D eigenvalue weighted by Gasteiger charge is -2.00. The van der Waals surface area contributed by atoms with Gasteiger partial charge in [-0.05, 0) is 6.26 Å². The van der Waals surface area contributed by atoms with E-state index in [0.29, 0.717) is 6.54 Å². The smallest absolute Gasteiger partial charge is 0.135 e. The van der Waals surface area contributed by atoms with Gasteiger partial charge in [0.15, 0.2) is 0 Å². The topological polar surface area (TPSA) is 34.0 Å². The predicted octanol–water partition coefficient (Wildman–Crippen LogP) is 1.59. The molecule has 1 rings (SSSR count). The van der Waals surface area contributed by atoms with Gasteiger partial charge in [0.1, 0.15) is 6.26 Å². The molecule has 0 bridgehead atoms. The van der Waals surface area contributed by atoms with E-state index in [2.05, 4.69) is 15.2 Å². The highest BCUT2D eigenvalue weighted by Gasteiger charge is 1.96. The molecule has 4 heteroatoms. The van der Waals surface area contributed by atoms with E-state index in [4.69, 9.17) is 0 Å². The minimum Gasteiger partial charge on any atom is -0.347 e. The summed E-state index contributed by atoms with van der Waals surface area (Å²) in [6.07, 6.45) is 3.59. The molecule has 0 aromatic rings. The molecule has 0 spiro atoms. The molecule has 3 nitrogen and oxygen atoms in total. The monoisotopic (exact) mass is 130 g/mol. The largest absolute Gasteiger partial charge is 0.347 e. The molecule has 0 fully saturated rings. The molecule has 0 unspecified atom stereocenters. The van der Waals surface area contributed by atoms with E-state index >= 15 is 0 Å². The number of thioether (sulfide) groups is 1. The highest BCUT2D eigenvalue weighted by molar-refractivity contribution is 8.02. The van der Waals surface area contributed by atoms with Crippen LogP contribution in [0.1, 0.15) is 0 Å². The molecule has 0 saturated heterocycles. The maximum absolute atomic E-state index is 4.55. The number of hydrogen-bond donors (Lipinski definition) is 0. The maximum atomic E-state index is 4.55. The first-order valence-corrected chi connectivity index (χ1v) is 3.41. The zero-order valence-electron chi connectivity index (χ0n) is 4.50. The zero-order chi connectivity index (χ0) is 5.82. The second kappa shape index (κ2) is 2.71. The second-order valence-electron chi connectivity index (χ2n) is 1.27. The summed E-state index contributed by atoms with van der Waals surface area (Å²) in [4.78, 5) is 5.66. The summed E-state index contributed by atoms with van der Waals surface area (Å²) in [5, 5.41) is 6.95. The zero-order valence-corrected chi connectivity index (χ0v) is 5.31. The lowest BCUT2D eigenvalue weighted by Crippen LogP contribution is -1.87. The Hall–Kier alpha value is -0.510. The van der Waals surface area contributed by atoms with Gasteiger partial charge in [0, 0.05) is 10.2 Å². The van der Waals surface area contributed by atoms with Crippen molar-refractivity contribution in [1.29, 1.82) is 0 Å². The van der Waals surface area contributed by atoms with Crippen molar-refractivity contribution in [3.63, 3.8) is 0 Å². The molecule has 0 aromatic carbocycles. The normalized spacial score (nSPS) is 17.4. The highest BCUT2D eigenvalue weighted by Crippen LogP contribution is 2.14. The summed E-state index contributed by atoms with van der Waals surface area (Å²) in [6, 6.07) is 0. The van der Waals surface area contributed by atoms with Crippen LogP contribution < -0.4 is 0 Å². The van der Waals surface area contributed by atoms with Crippen LogP contribution in [0.25, 0.3) is 0 Å². The van der Waals surface area contributed by atoms with Crippen molar-refractivity contribution in [3.8, 4) is 0 Å². The van der Waals surface area contributed by atoms with Gasteiger partial charge in [-0.15, -0.1) is 16.9 Å². The van der Waals surface area contributed by atoms with Gasteiger partial charge in [-0.3, -0.25) is 0 Å². The van der Waals surface area contributed by atoms with Crippen LogP contribution >= 0.6 is 11.8 Å². The van der Waals surface area contributed by atoms with E-state index in [9.17, 15) is 0 Å². The van der Waals surface area contributed by atoms with Crippen molar-refractivity contribution >= 4 is 11.8 Å². The fourth-order valence-corrected chi connectivity index (χ4v) is 0.690. The molecule has 0 saturated carbocycles. The predicted molar refractivity (Wildman–Crippen MR) is 32.4 cm³/mol. The van der Waals surface area contributed by atoms with Crippen LogP contribution in [0.2, 0.25) is 0 Å². The summed E-state index contributed by atoms with van der Waals surface area (Å²) in [5.41, 5.74) is 0. The molecule has 0 N–H and O–H groups in total. The molecule has 1 aliphatic heterocycles. The molecule has 1 aliphatic rings. The van der Waals surface area contributed by atoms with Crippen molar-refractivity contribution in [2.75, 3.05) is 12.8 Å². The van der Waals surface area contributed by atoms with Gasteiger partial charge in [0.25, 0.3) is 0 Å². The van der Waals surface area contributed by atoms with Crippen LogP contribution in [0, 0.1) is 0 Å². The molecule has 8 heavy (non-hydrogen) atoms. The van der Waals surface area contributed by atoms with Crippen LogP contribution in [0.4, 0.5) is 0 Å². The third-order valence-corrected chi connectivity index (χ3v) is 1.53. The third kappa shape index (κ3) is 1.23. The van der Waals surface area contributed by atoms with Gasteiger partial charge >= 0.3 is 0 Å². The summed E-state index contributed by atoms with van der Waals surface area (Å²) < 4.78 is 0. The van der Waals surface area contributed by atoms with Gasteiger partial charge in [-0.1, -0.05) is 0 Å². The van der Waals surface area contributed by atoms with Crippen molar-refractivity contribution in [3.05, 3.63) is 11.2 Å². The number of hydrogen-bond acceptors (Lipinski definition) is 4. The van der Waals surface area contributed by atoms with E-state index in [1.165, 1.54) is 0 Å². The Morgan fingerprint density at radius 3 is 3.12 bits per heavy atom. The Kier molecular flexibility index (Phi) is 1.91. The Bertz CT molecular complexity index is 132. The van der Waals surface area contributed by atoms with Crippen LogP contribution in [0.3, 0.4) is 0 Å². The van der Waals surface area contributed by atoms with Gasteiger partial charge in [0.05, 0.1) is 6.54 Å². The first kappa shape index (κ1) is 5.62. The molecule has 0 atom stereocenters. The number of nitrogens with zero attached hydrogens (tertiary/aromatic N) is 2. The van der Waals surface area contributed by atoms with E-state index in [-0.39, 0.29) is 0 Å². The average Bonchev–Trinajstić information content (AvgIpc) is 1.90. The Morgan fingerprint density at radius 1 is 1.88 bits per heavy atom. The minimum absolute atomic E-state index is 0.668. The van der Waals surface area contributed by atoms with E-state index in [1.807, 2.05) is 6.26 Å². The SMILES string of the molecule is CSC1=CON=NC1. The molecular weight excluding hydrogens is 124 g/mol. The first-order valence-electron chi connectivity index (χ1n) is 2.19. The molecule has 0 amide bonds. The van der Waals surface area contributed by atoms with Crippen molar-refractivity contribution in [2.45, 2.75) is 0 Å². The average molecular weight is 130 g/mol. The van der Waals surface area contributed by atoms with E-state index in [1.54, 1.807) is 18.0 Å². The fourth-order valence-electron chi connectivity index (χ4n) is 0.364.